The number of piperidine rings is 1. The zero-order chi connectivity index (χ0) is 12.2. The molecule has 2 aromatic heterocycles. The fourth-order valence-electron chi connectivity index (χ4n) is 2.14. The maximum Gasteiger partial charge on any atom is 0.155 e. The maximum atomic E-state index is 4.36. The first kappa shape index (κ1) is 11.2. The number of hydrogen-bond donors (Lipinski definition) is 2. The zero-order valence-corrected chi connectivity index (χ0v) is 10.1. The summed E-state index contributed by atoms with van der Waals surface area (Å²) in [7, 11) is 0. The Bertz CT molecular complexity index is 472. The Morgan fingerprint density at radius 2 is 2.39 bits per heavy atom. The number of nitrogens with zero attached hydrogens (tertiary/aromatic N) is 4. The molecule has 0 saturated carbocycles. The highest BCUT2D eigenvalue weighted by Crippen LogP contribution is 2.13. The average molecular weight is 244 g/mol. The lowest BCUT2D eigenvalue weighted by Crippen LogP contribution is -2.38. The smallest absolute Gasteiger partial charge is 0.155 e. The summed E-state index contributed by atoms with van der Waals surface area (Å²) in [4.78, 5) is 8.27. The van der Waals surface area contributed by atoms with Crippen molar-refractivity contribution in [3.63, 3.8) is 0 Å². The molecule has 1 aliphatic heterocycles. The molecule has 94 valence electrons. The first-order valence-electron chi connectivity index (χ1n) is 6.20. The van der Waals surface area contributed by atoms with Gasteiger partial charge in [0.2, 0.25) is 0 Å². The molecular formula is C12H16N6. The highest BCUT2D eigenvalue weighted by molar-refractivity contribution is 5.44. The third kappa shape index (κ3) is 2.48. The van der Waals surface area contributed by atoms with Gasteiger partial charge in [-0.05, 0) is 31.5 Å². The molecule has 0 spiro atoms. The molecule has 18 heavy (non-hydrogen) atoms. The monoisotopic (exact) mass is 244 g/mol. The van der Waals surface area contributed by atoms with E-state index in [-0.39, 0.29) is 0 Å². The Hall–Kier alpha value is -1.95. The van der Waals surface area contributed by atoms with Crippen molar-refractivity contribution < 1.29 is 0 Å². The minimum atomic E-state index is 0.498. The molecule has 1 saturated heterocycles. The van der Waals surface area contributed by atoms with Crippen LogP contribution < -0.4 is 10.6 Å². The van der Waals surface area contributed by atoms with Gasteiger partial charge in [-0.1, -0.05) is 0 Å². The van der Waals surface area contributed by atoms with E-state index in [2.05, 4.69) is 25.7 Å². The summed E-state index contributed by atoms with van der Waals surface area (Å²) >= 11 is 0. The predicted octanol–water partition coefficient (Wildman–Crippen LogP) is 0.826. The van der Waals surface area contributed by atoms with Crippen molar-refractivity contribution in [1.82, 2.24) is 25.1 Å². The van der Waals surface area contributed by atoms with Crippen molar-refractivity contribution >= 4 is 5.69 Å². The summed E-state index contributed by atoms with van der Waals surface area (Å²) in [6.45, 7) is 2.15. The maximum absolute atomic E-state index is 4.36. The largest absolute Gasteiger partial charge is 0.380 e. The third-order valence-electron chi connectivity index (χ3n) is 3.07. The molecule has 6 heteroatoms. The number of anilines is 1. The lowest BCUT2D eigenvalue weighted by molar-refractivity contribution is 0.480. The molecule has 1 atom stereocenters. The molecule has 2 N–H and O–H groups in total. The normalized spacial score (nSPS) is 19.7. The fraction of sp³-hybridized carbons (Fsp3) is 0.417. The van der Waals surface area contributed by atoms with E-state index < -0.39 is 0 Å². The minimum Gasteiger partial charge on any atom is -0.380 e. The number of rotatable bonds is 3. The number of hydrogen-bond acceptors (Lipinski definition) is 5. The van der Waals surface area contributed by atoms with Crippen LogP contribution in [-0.2, 0) is 0 Å². The molecule has 6 nitrogen and oxygen atoms in total. The van der Waals surface area contributed by atoms with E-state index >= 15 is 0 Å². The molecule has 1 unspecified atom stereocenters. The van der Waals surface area contributed by atoms with E-state index in [1.165, 1.54) is 19.2 Å². The highest BCUT2D eigenvalue weighted by atomic mass is 15.3. The predicted molar refractivity (Wildman–Crippen MR) is 68.7 cm³/mol. The van der Waals surface area contributed by atoms with Crippen molar-refractivity contribution in [1.29, 1.82) is 0 Å². The van der Waals surface area contributed by atoms with Gasteiger partial charge in [-0.2, -0.15) is 5.10 Å². The average Bonchev–Trinajstić information content (AvgIpc) is 2.95. The molecular weight excluding hydrogens is 228 g/mol. The summed E-state index contributed by atoms with van der Waals surface area (Å²) in [6, 6.07) is 4.46. The van der Waals surface area contributed by atoms with Crippen LogP contribution in [-0.4, -0.2) is 38.9 Å². The van der Waals surface area contributed by atoms with Gasteiger partial charge in [-0.25, -0.2) is 14.6 Å². The molecule has 0 aromatic carbocycles. The molecule has 3 rings (SSSR count). The Balaban J connectivity index is 1.67. The van der Waals surface area contributed by atoms with Crippen LogP contribution >= 0.6 is 0 Å². The van der Waals surface area contributed by atoms with Gasteiger partial charge in [0, 0.05) is 12.6 Å². The van der Waals surface area contributed by atoms with Crippen LogP contribution in [0.5, 0.6) is 0 Å². The standard InChI is InChI=1S/C12H16N6/c1-2-10(6-13-5-1)17-11-3-4-12(15-7-11)18-9-14-8-16-18/h3-4,7-10,13,17H,1-2,5-6H2. The summed E-state index contributed by atoms with van der Waals surface area (Å²) < 4.78 is 1.64. The van der Waals surface area contributed by atoms with Gasteiger partial charge in [0.25, 0.3) is 0 Å². The number of nitrogens with one attached hydrogen (secondary N) is 2. The van der Waals surface area contributed by atoms with Crippen LogP contribution in [0.15, 0.2) is 31.0 Å². The second-order valence-electron chi connectivity index (χ2n) is 4.43. The van der Waals surface area contributed by atoms with E-state index in [4.69, 9.17) is 0 Å². The quantitative estimate of drug-likeness (QED) is 0.837. The van der Waals surface area contributed by atoms with Crippen molar-refractivity contribution in [2.75, 3.05) is 18.4 Å². The summed E-state index contributed by atoms with van der Waals surface area (Å²) in [6.07, 6.45) is 7.41. The molecule has 3 heterocycles. The fourth-order valence-corrected chi connectivity index (χ4v) is 2.14. The van der Waals surface area contributed by atoms with Crippen molar-refractivity contribution in [2.45, 2.75) is 18.9 Å². The van der Waals surface area contributed by atoms with Crippen LogP contribution in [0.2, 0.25) is 0 Å². The van der Waals surface area contributed by atoms with Gasteiger partial charge in [0.15, 0.2) is 5.82 Å². The van der Waals surface area contributed by atoms with Crippen LogP contribution in [0, 0.1) is 0 Å². The van der Waals surface area contributed by atoms with Crippen LogP contribution in [0.1, 0.15) is 12.8 Å². The lowest BCUT2D eigenvalue weighted by atomic mass is 10.1. The van der Waals surface area contributed by atoms with E-state index in [1.807, 2.05) is 18.3 Å². The molecule has 2 aromatic rings. The summed E-state index contributed by atoms with van der Waals surface area (Å²) in [5, 5.41) is 10.9. The third-order valence-corrected chi connectivity index (χ3v) is 3.07. The van der Waals surface area contributed by atoms with E-state index in [0.717, 1.165) is 24.6 Å². The number of pyridine rings is 1. The van der Waals surface area contributed by atoms with Crippen LogP contribution in [0.25, 0.3) is 5.82 Å². The van der Waals surface area contributed by atoms with E-state index in [9.17, 15) is 0 Å². The molecule has 0 aliphatic carbocycles. The molecule has 1 aliphatic rings. The van der Waals surface area contributed by atoms with Gasteiger partial charge in [-0.3, -0.25) is 0 Å². The van der Waals surface area contributed by atoms with Gasteiger partial charge < -0.3 is 10.6 Å². The van der Waals surface area contributed by atoms with Gasteiger partial charge in [0.05, 0.1) is 11.9 Å². The summed E-state index contributed by atoms with van der Waals surface area (Å²) in [5.74, 6) is 0.778. The molecule has 0 radical (unpaired) electrons. The lowest BCUT2D eigenvalue weighted by Gasteiger charge is -2.24. The van der Waals surface area contributed by atoms with Crippen LogP contribution in [0.3, 0.4) is 0 Å². The number of aromatic nitrogens is 4. The molecule has 1 fully saturated rings. The Labute approximate surface area is 105 Å². The minimum absolute atomic E-state index is 0.498. The van der Waals surface area contributed by atoms with Crippen molar-refractivity contribution in [2.24, 2.45) is 0 Å². The van der Waals surface area contributed by atoms with Crippen molar-refractivity contribution in [3.8, 4) is 5.82 Å². The molecule has 0 amide bonds. The zero-order valence-electron chi connectivity index (χ0n) is 10.1. The Kier molecular flexibility index (Phi) is 3.18. The topological polar surface area (TPSA) is 67.7 Å². The van der Waals surface area contributed by atoms with Crippen LogP contribution in [0.4, 0.5) is 5.69 Å². The Morgan fingerprint density at radius 1 is 1.39 bits per heavy atom. The van der Waals surface area contributed by atoms with E-state index in [0.29, 0.717) is 6.04 Å². The SMILES string of the molecule is c1ncn(-c2ccc(NC3CCCNC3)cn2)n1. The first-order valence-corrected chi connectivity index (χ1v) is 6.20. The van der Waals surface area contributed by atoms with E-state index in [1.54, 1.807) is 11.0 Å². The van der Waals surface area contributed by atoms with Gasteiger partial charge in [0.1, 0.15) is 12.7 Å². The first-order chi connectivity index (χ1) is 8.92. The van der Waals surface area contributed by atoms with Crippen molar-refractivity contribution in [3.05, 3.63) is 31.0 Å². The second-order valence-corrected chi connectivity index (χ2v) is 4.43. The van der Waals surface area contributed by atoms with Gasteiger partial charge >= 0.3 is 0 Å². The molecule has 0 bridgehead atoms. The van der Waals surface area contributed by atoms with Gasteiger partial charge in [-0.15, -0.1) is 0 Å². The summed E-state index contributed by atoms with van der Waals surface area (Å²) in [5.41, 5.74) is 1.05. The second kappa shape index (κ2) is 5.14. The Morgan fingerprint density at radius 3 is 3.06 bits per heavy atom. The highest BCUT2D eigenvalue weighted by Gasteiger charge is 2.12.